The third-order valence-corrected chi connectivity index (χ3v) is 7.24. The molecule has 0 saturated heterocycles. The molecule has 5 atom stereocenters. The number of Topliss-reactive ketones (excluding diaryl/α,β-unsaturated/α-hetero) is 1. The number of hydrogen-bond acceptors (Lipinski definition) is 2. The maximum absolute atomic E-state index is 12.1. The van der Waals surface area contributed by atoms with Gasteiger partial charge in [0.1, 0.15) is 5.60 Å². The van der Waals surface area contributed by atoms with Crippen LogP contribution in [0.2, 0.25) is 0 Å². The molecule has 1 N–H and O–H groups in total. The highest BCUT2D eigenvalue weighted by molar-refractivity contribution is 5.89. The van der Waals surface area contributed by atoms with E-state index in [0.29, 0.717) is 23.7 Å². The van der Waals surface area contributed by atoms with Crippen LogP contribution in [-0.4, -0.2) is 16.5 Å². The first-order valence-corrected chi connectivity index (χ1v) is 8.51. The molecule has 4 aliphatic rings. The monoisotopic (exact) mass is 274 g/mol. The Kier molecular flexibility index (Phi) is 2.74. The van der Waals surface area contributed by atoms with Crippen LogP contribution in [0, 0.1) is 23.2 Å². The van der Waals surface area contributed by atoms with Crippen LogP contribution in [0.25, 0.3) is 0 Å². The Morgan fingerprint density at radius 2 is 2.00 bits per heavy atom. The summed E-state index contributed by atoms with van der Waals surface area (Å²) >= 11 is 0. The van der Waals surface area contributed by atoms with Crippen LogP contribution in [0.3, 0.4) is 0 Å². The van der Waals surface area contributed by atoms with Crippen molar-refractivity contribution in [3.05, 3.63) is 11.6 Å². The zero-order chi connectivity index (χ0) is 14.0. The van der Waals surface area contributed by atoms with Crippen LogP contribution in [-0.2, 0) is 4.79 Å². The van der Waals surface area contributed by atoms with Gasteiger partial charge in [-0.1, -0.05) is 18.6 Å². The predicted octanol–water partition coefficient (Wildman–Crippen LogP) is 3.63. The minimum absolute atomic E-state index is 0.135. The van der Waals surface area contributed by atoms with Crippen LogP contribution in [0.4, 0.5) is 0 Å². The molecule has 0 radical (unpaired) electrons. The van der Waals surface area contributed by atoms with Crippen LogP contribution in [0.15, 0.2) is 11.6 Å². The Morgan fingerprint density at radius 1 is 1.15 bits per heavy atom. The largest absolute Gasteiger partial charge is 0.382 e. The van der Waals surface area contributed by atoms with E-state index in [0.717, 1.165) is 19.3 Å². The summed E-state index contributed by atoms with van der Waals surface area (Å²) in [6.45, 7) is 2.47. The van der Waals surface area contributed by atoms with Crippen LogP contribution >= 0.6 is 0 Å². The maximum atomic E-state index is 12.1. The van der Waals surface area contributed by atoms with Gasteiger partial charge >= 0.3 is 0 Å². The van der Waals surface area contributed by atoms with Crippen molar-refractivity contribution in [3.8, 4) is 0 Å². The average molecular weight is 274 g/mol. The summed E-state index contributed by atoms with van der Waals surface area (Å²) in [5, 5.41) is 10.8. The Labute approximate surface area is 121 Å². The SMILES string of the molecule is C[C@]12CCCC=C1CC[C@@H]1[C@@H]2CC[C@]2(O)C(=O)CC[C@@H]12. The molecular weight excluding hydrogens is 248 g/mol. The van der Waals surface area contributed by atoms with Crippen molar-refractivity contribution >= 4 is 5.78 Å². The van der Waals surface area contributed by atoms with E-state index >= 15 is 0 Å². The molecule has 3 fully saturated rings. The molecule has 20 heavy (non-hydrogen) atoms. The van der Waals surface area contributed by atoms with Crippen molar-refractivity contribution < 1.29 is 9.90 Å². The van der Waals surface area contributed by atoms with Gasteiger partial charge in [0.25, 0.3) is 0 Å². The van der Waals surface area contributed by atoms with Gasteiger partial charge in [-0.2, -0.15) is 0 Å². The van der Waals surface area contributed by atoms with E-state index in [2.05, 4.69) is 13.0 Å². The summed E-state index contributed by atoms with van der Waals surface area (Å²) in [6.07, 6.45) is 12.1. The number of fused-ring (bicyclic) bond motifs is 5. The lowest BCUT2D eigenvalue weighted by molar-refractivity contribution is -0.150. The van der Waals surface area contributed by atoms with E-state index < -0.39 is 5.60 Å². The summed E-state index contributed by atoms with van der Waals surface area (Å²) in [5.41, 5.74) is 1.11. The van der Waals surface area contributed by atoms with E-state index in [-0.39, 0.29) is 11.7 Å². The number of carbonyl (C=O) groups excluding carboxylic acids is 1. The van der Waals surface area contributed by atoms with Gasteiger partial charge in [0.15, 0.2) is 5.78 Å². The molecule has 0 spiro atoms. The summed E-state index contributed by atoms with van der Waals surface area (Å²) in [4.78, 5) is 12.1. The van der Waals surface area contributed by atoms with E-state index in [1.807, 2.05) is 0 Å². The fraction of sp³-hybridized carbons (Fsp3) is 0.833. The average Bonchev–Trinajstić information content (AvgIpc) is 2.74. The quantitative estimate of drug-likeness (QED) is 0.685. The minimum atomic E-state index is -0.951. The number of carbonyl (C=O) groups is 1. The molecule has 0 unspecified atom stereocenters. The lowest BCUT2D eigenvalue weighted by Gasteiger charge is -2.56. The van der Waals surface area contributed by atoms with Gasteiger partial charge in [0.05, 0.1) is 0 Å². The third-order valence-electron chi connectivity index (χ3n) is 7.24. The van der Waals surface area contributed by atoms with Gasteiger partial charge in [0.2, 0.25) is 0 Å². The molecule has 0 bridgehead atoms. The van der Waals surface area contributed by atoms with Crippen molar-refractivity contribution in [2.24, 2.45) is 23.2 Å². The van der Waals surface area contributed by atoms with Crippen LogP contribution < -0.4 is 0 Å². The van der Waals surface area contributed by atoms with Crippen LogP contribution in [0.5, 0.6) is 0 Å². The second kappa shape index (κ2) is 4.19. The topological polar surface area (TPSA) is 37.3 Å². The lowest BCUT2D eigenvalue weighted by Crippen LogP contribution is -2.54. The molecule has 0 aromatic rings. The molecular formula is C18H26O2. The Hall–Kier alpha value is -0.630. The van der Waals surface area contributed by atoms with E-state index in [9.17, 15) is 9.90 Å². The maximum Gasteiger partial charge on any atom is 0.164 e. The molecule has 0 aromatic heterocycles. The first-order valence-electron chi connectivity index (χ1n) is 8.51. The molecule has 3 saturated carbocycles. The smallest absolute Gasteiger partial charge is 0.164 e. The third kappa shape index (κ3) is 1.52. The van der Waals surface area contributed by atoms with E-state index in [1.54, 1.807) is 5.57 Å². The fourth-order valence-electron chi connectivity index (χ4n) is 6.18. The van der Waals surface area contributed by atoms with Gasteiger partial charge in [-0.05, 0) is 74.5 Å². The first kappa shape index (κ1) is 13.1. The summed E-state index contributed by atoms with van der Waals surface area (Å²) < 4.78 is 0. The number of ketones is 1. The molecule has 4 aliphatic carbocycles. The zero-order valence-electron chi connectivity index (χ0n) is 12.5. The molecule has 4 rings (SSSR count). The molecule has 2 heteroatoms. The Bertz CT molecular complexity index is 480. The molecule has 0 amide bonds. The van der Waals surface area contributed by atoms with Gasteiger partial charge < -0.3 is 5.11 Å². The Morgan fingerprint density at radius 3 is 2.85 bits per heavy atom. The van der Waals surface area contributed by atoms with Crippen molar-refractivity contribution in [2.75, 3.05) is 0 Å². The predicted molar refractivity (Wildman–Crippen MR) is 78.2 cm³/mol. The van der Waals surface area contributed by atoms with Gasteiger partial charge in [-0.3, -0.25) is 4.79 Å². The number of aliphatic hydroxyl groups is 1. The normalized spacial score (nSPS) is 51.0. The molecule has 0 aliphatic heterocycles. The van der Waals surface area contributed by atoms with Crippen molar-refractivity contribution in [2.45, 2.75) is 70.3 Å². The first-order chi connectivity index (χ1) is 9.56. The summed E-state index contributed by atoms with van der Waals surface area (Å²) in [5.74, 6) is 1.68. The Balaban J connectivity index is 1.70. The molecule has 0 aromatic carbocycles. The molecule has 2 nitrogen and oxygen atoms in total. The second-order valence-electron chi connectivity index (χ2n) is 7.88. The lowest BCUT2D eigenvalue weighted by atomic mass is 9.49. The molecule has 0 heterocycles. The summed E-state index contributed by atoms with van der Waals surface area (Å²) in [6, 6.07) is 0. The number of rotatable bonds is 0. The standard InChI is InChI=1S/C18H26O2/c1-17-10-3-2-4-12(17)5-6-13-14(17)9-11-18(20)15(13)7-8-16(18)19/h4,13-15,20H,2-3,5-11H2,1H3/t13-,14+,15+,17+,18-/m1/s1. The minimum Gasteiger partial charge on any atom is -0.382 e. The highest BCUT2D eigenvalue weighted by atomic mass is 16.3. The number of allylic oxidation sites excluding steroid dienone is 2. The summed E-state index contributed by atoms with van der Waals surface area (Å²) in [7, 11) is 0. The van der Waals surface area contributed by atoms with Gasteiger partial charge in [-0.15, -0.1) is 0 Å². The number of hydrogen-bond donors (Lipinski definition) is 1. The van der Waals surface area contributed by atoms with E-state index in [4.69, 9.17) is 0 Å². The highest BCUT2D eigenvalue weighted by Gasteiger charge is 2.60. The van der Waals surface area contributed by atoms with Crippen molar-refractivity contribution in [1.82, 2.24) is 0 Å². The van der Waals surface area contributed by atoms with Crippen LogP contribution in [0.1, 0.15) is 64.7 Å². The van der Waals surface area contributed by atoms with Gasteiger partial charge in [-0.25, -0.2) is 0 Å². The molecule has 110 valence electrons. The van der Waals surface area contributed by atoms with Crippen molar-refractivity contribution in [3.63, 3.8) is 0 Å². The fourth-order valence-corrected chi connectivity index (χ4v) is 6.18. The highest BCUT2D eigenvalue weighted by Crippen LogP contribution is 2.62. The van der Waals surface area contributed by atoms with Gasteiger partial charge in [0, 0.05) is 6.42 Å². The second-order valence-corrected chi connectivity index (χ2v) is 7.88. The van der Waals surface area contributed by atoms with Crippen molar-refractivity contribution in [1.29, 1.82) is 0 Å². The van der Waals surface area contributed by atoms with E-state index in [1.165, 1.54) is 32.1 Å². The zero-order valence-corrected chi connectivity index (χ0v) is 12.5.